The van der Waals surface area contributed by atoms with Gasteiger partial charge in [-0.15, -0.1) is 0 Å². The average Bonchev–Trinajstić information content (AvgIpc) is 3.07. The number of halogens is 1. The second-order valence-electron chi connectivity index (χ2n) is 5.13. The van der Waals surface area contributed by atoms with E-state index in [9.17, 15) is 10.1 Å². The summed E-state index contributed by atoms with van der Waals surface area (Å²) in [5.41, 5.74) is 1.10. The number of aryl methyl sites for hydroxylation is 1. The molecule has 1 aliphatic rings. The predicted molar refractivity (Wildman–Crippen MR) is 78.7 cm³/mol. The molecule has 0 N–H and O–H groups in total. The largest absolute Gasteiger partial charge is 0.350 e. The molecular weight excluding hydrogens is 294 g/mol. The highest BCUT2D eigenvalue weighted by Gasteiger charge is 2.30. The van der Waals surface area contributed by atoms with Crippen LogP contribution in [0.5, 0.6) is 0 Å². The van der Waals surface area contributed by atoms with Crippen LogP contribution in [-0.4, -0.2) is 32.8 Å². The van der Waals surface area contributed by atoms with Gasteiger partial charge in [0.25, 0.3) is 0 Å². The van der Waals surface area contributed by atoms with E-state index in [1.807, 2.05) is 24.3 Å². The summed E-state index contributed by atoms with van der Waals surface area (Å²) >= 11 is 5.80. The summed E-state index contributed by atoms with van der Waals surface area (Å²) in [5.74, 6) is 0.701. The molecule has 0 aromatic carbocycles. The van der Waals surface area contributed by atoms with Gasteiger partial charge in [-0.25, -0.2) is 4.98 Å². The predicted octanol–water partition coefficient (Wildman–Crippen LogP) is 2.37. The van der Waals surface area contributed by atoms with Crippen LogP contribution in [0.3, 0.4) is 0 Å². The molecule has 3 rings (SSSR count). The maximum atomic E-state index is 11.2. The average molecular weight is 308 g/mol. The molecule has 0 unspecified atom stereocenters. The summed E-state index contributed by atoms with van der Waals surface area (Å²) in [6, 6.07) is 1.35. The van der Waals surface area contributed by atoms with E-state index in [1.54, 1.807) is 4.68 Å². The van der Waals surface area contributed by atoms with Crippen molar-refractivity contribution in [1.29, 1.82) is 0 Å². The Morgan fingerprint density at radius 2 is 2.29 bits per heavy atom. The maximum Gasteiger partial charge on any atom is 0.313 e. The smallest absolute Gasteiger partial charge is 0.313 e. The van der Waals surface area contributed by atoms with E-state index in [0.29, 0.717) is 18.3 Å². The molecule has 8 heteroatoms. The number of nitrogens with zero attached hydrogens (tertiary/aromatic N) is 5. The molecule has 3 heterocycles. The molecule has 110 valence electrons. The van der Waals surface area contributed by atoms with Crippen LogP contribution in [0.1, 0.15) is 17.9 Å². The van der Waals surface area contributed by atoms with E-state index in [4.69, 9.17) is 11.6 Å². The second-order valence-corrected chi connectivity index (χ2v) is 5.57. The topological polar surface area (TPSA) is 77.1 Å². The molecule has 1 atom stereocenters. The van der Waals surface area contributed by atoms with Gasteiger partial charge in [0.2, 0.25) is 5.82 Å². The highest BCUT2D eigenvalue weighted by Crippen LogP contribution is 2.35. The van der Waals surface area contributed by atoms with Gasteiger partial charge in [-0.3, -0.25) is 14.8 Å². The van der Waals surface area contributed by atoms with Crippen molar-refractivity contribution >= 4 is 23.1 Å². The summed E-state index contributed by atoms with van der Waals surface area (Å²) in [4.78, 5) is 16.8. The first-order chi connectivity index (χ1) is 10.0. The second kappa shape index (κ2) is 5.33. The number of hydrogen-bond donors (Lipinski definition) is 0. The van der Waals surface area contributed by atoms with Gasteiger partial charge in [-0.05, 0) is 12.0 Å². The minimum atomic E-state index is -0.439. The van der Waals surface area contributed by atoms with Crippen molar-refractivity contribution in [3.05, 3.63) is 45.4 Å². The molecule has 1 saturated heterocycles. The molecule has 2 aromatic rings. The van der Waals surface area contributed by atoms with Crippen LogP contribution >= 0.6 is 11.6 Å². The summed E-state index contributed by atoms with van der Waals surface area (Å²) in [6.45, 7) is 1.43. The Hall–Kier alpha value is -2.15. The molecule has 0 saturated carbocycles. The third kappa shape index (κ3) is 2.69. The normalized spacial score (nSPS) is 18.2. The van der Waals surface area contributed by atoms with Crippen molar-refractivity contribution in [3.8, 4) is 0 Å². The van der Waals surface area contributed by atoms with Crippen LogP contribution in [0.15, 0.2) is 24.7 Å². The Morgan fingerprint density at radius 3 is 2.95 bits per heavy atom. The van der Waals surface area contributed by atoms with E-state index in [-0.39, 0.29) is 10.7 Å². The fourth-order valence-electron chi connectivity index (χ4n) is 2.68. The standard InChI is InChI=1S/C13H14ClN5O2/c1-17-7-10(5-16-17)9-2-3-18(8-9)13-12(19(20)21)4-11(14)6-15-13/h4-7,9H,2-3,8H2,1H3/t9-/m0/s1. The van der Waals surface area contributed by atoms with Crippen LogP contribution in [0.25, 0.3) is 0 Å². The van der Waals surface area contributed by atoms with E-state index in [1.165, 1.54) is 12.3 Å². The van der Waals surface area contributed by atoms with Crippen molar-refractivity contribution in [2.24, 2.45) is 7.05 Å². The Morgan fingerprint density at radius 1 is 1.48 bits per heavy atom. The molecule has 21 heavy (non-hydrogen) atoms. The lowest BCUT2D eigenvalue weighted by Gasteiger charge is -2.17. The molecule has 1 fully saturated rings. The maximum absolute atomic E-state index is 11.2. The van der Waals surface area contributed by atoms with Crippen LogP contribution in [0.4, 0.5) is 11.5 Å². The number of rotatable bonds is 3. The van der Waals surface area contributed by atoms with Gasteiger partial charge in [-0.2, -0.15) is 5.10 Å². The number of aromatic nitrogens is 3. The first-order valence-electron chi connectivity index (χ1n) is 6.58. The molecule has 0 spiro atoms. The quantitative estimate of drug-likeness (QED) is 0.642. The highest BCUT2D eigenvalue weighted by molar-refractivity contribution is 6.30. The van der Waals surface area contributed by atoms with Crippen molar-refractivity contribution in [2.45, 2.75) is 12.3 Å². The highest BCUT2D eigenvalue weighted by atomic mass is 35.5. The molecule has 1 aliphatic heterocycles. The number of pyridine rings is 1. The SMILES string of the molecule is Cn1cc([C@H]2CCN(c3ncc(Cl)cc3[N+](=O)[O-])C2)cn1. The summed E-state index contributed by atoms with van der Waals surface area (Å²) < 4.78 is 1.76. The Bertz CT molecular complexity index is 687. The zero-order valence-electron chi connectivity index (χ0n) is 11.4. The van der Waals surface area contributed by atoms with Crippen LogP contribution in [-0.2, 0) is 7.05 Å². The van der Waals surface area contributed by atoms with Crippen LogP contribution < -0.4 is 4.90 Å². The summed E-state index contributed by atoms with van der Waals surface area (Å²) in [5, 5.41) is 15.6. The molecule has 0 aliphatic carbocycles. The lowest BCUT2D eigenvalue weighted by Crippen LogP contribution is -2.21. The zero-order chi connectivity index (χ0) is 15.0. The minimum absolute atomic E-state index is 0.0469. The molecular formula is C13H14ClN5O2. The number of nitro groups is 1. The van der Waals surface area contributed by atoms with E-state index in [0.717, 1.165) is 18.5 Å². The van der Waals surface area contributed by atoms with Crippen molar-refractivity contribution in [1.82, 2.24) is 14.8 Å². The van der Waals surface area contributed by atoms with Gasteiger partial charge in [0.05, 0.1) is 16.1 Å². The third-order valence-corrected chi connectivity index (χ3v) is 3.90. The van der Waals surface area contributed by atoms with Gasteiger partial charge >= 0.3 is 5.69 Å². The lowest BCUT2D eigenvalue weighted by molar-refractivity contribution is -0.384. The Kier molecular flexibility index (Phi) is 3.50. The van der Waals surface area contributed by atoms with E-state index in [2.05, 4.69) is 10.1 Å². The summed E-state index contributed by atoms with van der Waals surface area (Å²) in [7, 11) is 1.88. The Balaban J connectivity index is 1.85. The molecule has 0 radical (unpaired) electrons. The van der Waals surface area contributed by atoms with Crippen LogP contribution in [0.2, 0.25) is 5.02 Å². The minimum Gasteiger partial charge on any atom is -0.350 e. The Labute approximate surface area is 126 Å². The number of anilines is 1. The molecule has 0 bridgehead atoms. The zero-order valence-corrected chi connectivity index (χ0v) is 12.2. The third-order valence-electron chi connectivity index (χ3n) is 3.69. The fourth-order valence-corrected chi connectivity index (χ4v) is 2.83. The van der Waals surface area contributed by atoms with E-state index >= 15 is 0 Å². The first kappa shape index (κ1) is 13.8. The summed E-state index contributed by atoms with van der Waals surface area (Å²) in [6.07, 6.45) is 6.20. The fraction of sp³-hybridized carbons (Fsp3) is 0.385. The van der Waals surface area contributed by atoms with Crippen molar-refractivity contribution in [3.63, 3.8) is 0 Å². The number of hydrogen-bond acceptors (Lipinski definition) is 5. The van der Waals surface area contributed by atoms with E-state index < -0.39 is 4.92 Å². The van der Waals surface area contributed by atoms with Gasteiger partial charge in [0.1, 0.15) is 0 Å². The first-order valence-corrected chi connectivity index (χ1v) is 6.96. The van der Waals surface area contributed by atoms with Crippen LogP contribution in [0, 0.1) is 10.1 Å². The van der Waals surface area contributed by atoms with Crippen molar-refractivity contribution < 1.29 is 4.92 Å². The lowest BCUT2D eigenvalue weighted by atomic mass is 10.0. The van der Waals surface area contributed by atoms with Gasteiger partial charge in [0, 0.05) is 44.5 Å². The molecule has 0 amide bonds. The van der Waals surface area contributed by atoms with Crippen molar-refractivity contribution in [2.75, 3.05) is 18.0 Å². The molecule has 2 aromatic heterocycles. The van der Waals surface area contributed by atoms with Gasteiger partial charge in [0.15, 0.2) is 0 Å². The van der Waals surface area contributed by atoms with Gasteiger partial charge < -0.3 is 4.90 Å². The van der Waals surface area contributed by atoms with Gasteiger partial charge in [-0.1, -0.05) is 11.6 Å². The molecule has 7 nitrogen and oxygen atoms in total. The monoisotopic (exact) mass is 307 g/mol.